The lowest BCUT2D eigenvalue weighted by Gasteiger charge is -2.69. The number of benzene rings is 1. The first-order valence-corrected chi connectivity index (χ1v) is 21.3. The molecule has 15 heteroatoms. The van der Waals surface area contributed by atoms with Gasteiger partial charge in [0.25, 0.3) is 0 Å². The van der Waals surface area contributed by atoms with Gasteiger partial charge in [0.05, 0.1) is 28.6 Å². The van der Waals surface area contributed by atoms with E-state index in [1.807, 2.05) is 30.9 Å². The number of aromatic carboxylic acids is 1. The van der Waals surface area contributed by atoms with E-state index in [-0.39, 0.29) is 40.0 Å². The van der Waals surface area contributed by atoms with E-state index in [9.17, 15) is 14.3 Å². The fourth-order valence-corrected chi connectivity index (χ4v) is 12.8. The Bertz CT molecular complexity index is 2380. The number of carboxylic acid groups (broad SMARTS) is 1. The van der Waals surface area contributed by atoms with Crippen molar-refractivity contribution in [3.63, 3.8) is 0 Å². The highest BCUT2D eigenvalue weighted by Crippen LogP contribution is 2.72. The first-order chi connectivity index (χ1) is 27.8. The molecule has 0 spiro atoms. The zero-order valence-electron chi connectivity index (χ0n) is 33.7. The van der Waals surface area contributed by atoms with Crippen molar-refractivity contribution in [2.45, 2.75) is 97.6 Å². The highest BCUT2D eigenvalue weighted by atomic mass is 32.1. The standard InChI is InChI=1S/C43H52FN9O4S/c1-26-28-8-6-15-52(37(28)51-50-36(26)49-39-47-32-10-5-9-31(44)35(32)58-39)33-12-11-29(34(48-33)38(55)56)30-18-46-53(27(30)2)25-42-20-40(3)19-41(4,21-42)23-43(22-40,24-42)57-17-14-45-13-7-16-54/h5,9-12,18,45,54H,6-8,13-17,19-25H2,1-4H3,(H,55,56)(H,47,49,50). The van der Waals surface area contributed by atoms with Gasteiger partial charge in [0, 0.05) is 54.2 Å². The summed E-state index contributed by atoms with van der Waals surface area (Å²) >= 11 is 1.23. The van der Waals surface area contributed by atoms with Crippen LogP contribution < -0.4 is 15.5 Å². The minimum atomic E-state index is -1.11. The molecule has 2 unspecified atom stereocenters. The Kier molecular flexibility index (Phi) is 9.80. The fraction of sp³-hybridized carbons (Fsp3) is 0.535. The molecule has 1 aromatic carbocycles. The number of halogens is 1. The van der Waals surface area contributed by atoms with Crippen molar-refractivity contribution >= 4 is 50.1 Å². The van der Waals surface area contributed by atoms with Crippen molar-refractivity contribution in [3.8, 4) is 11.1 Å². The van der Waals surface area contributed by atoms with Crippen LogP contribution in [-0.4, -0.2) is 84.6 Å². The predicted octanol–water partition coefficient (Wildman–Crippen LogP) is 7.73. The largest absolute Gasteiger partial charge is 0.476 e. The van der Waals surface area contributed by atoms with Crippen molar-refractivity contribution in [3.05, 3.63) is 64.9 Å². The molecule has 4 bridgehead atoms. The number of aromatic nitrogens is 6. The SMILES string of the molecule is Cc1c(Nc2nc3cccc(F)c3s2)nnc2c1CCCN2c1ccc(-c2cnn(CC34CC5(C)CC(C)(C3)CC(OCCNCCCO)(C5)C4)c2C)c(C(=O)O)n1. The molecule has 5 aliphatic rings. The van der Waals surface area contributed by atoms with Gasteiger partial charge in [-0.1, -0.05) is 31.3 Å². The molecule has 5 aromatic rings. The van der Waals surface area contributed by atoms with Crippen LogP contribution in [0.4, 0.5) is 27.0 Å². The zero-order valence-corrected chi connectivity index (χ0v) is 34.5. The van der Waals surface area contributed by atoms with Crippen LogP contribution in [-0.2, 0) is 17.7 Å². The second-order valence-electron chi connectivity index (χ2n) is 18.2. The number of aliphatic hydroxyl groups is 1. The summed E-state index contributed by atoms with van der Waals surface area (Å²) in [5.74, 6) is 0.258. The maximum atomic E-state index is 14.4. The first-order valence-electron chi connectivity index (χ1n) is 20.5. The summed E-state index contributed by atoms with van der Waals surface area (Å²) < 4.78 is 23.8. The third-order valence-corrected chi connectivity index (χ3v) is 14.1. The lowest BCUT2D eigenvalue weighted by atomic mass is 9.39. The van der Waals surface area contributed by atoms with E-state index in [1.54, 1.807) is 18.3 Å². The van der Waals surface area contributed by atoms with E-state index < -0.39 is 5.97 Å². The highest BCUT2D eigenvalue weighted by molar-refractivity contribution is 7.22. The number of fused-ring (bicyclic) bond motifs is 2. The number of rotatable bonds is 14. The Morgan fingerprint density at radius 3 is 2.57 bits per heavy atom. The van der Waals surface area contributed by atoms with Crippen molar-refractivity contribution in [2.75, 3.05) is 43.1 Å². The predicted molar refractivity (Wildman–Crippen MR) is 222 cm³/mol. The van der Waals surface area contributed by atoms with Crippen LogP contribution in [0, 0.1) is 35.9 Å². The van der Waals surface area contributed by atoms with E-state index in [4.69, 9.17) is 19.9 Å². The molecular weight excluding hydrogens is 758 g/mol. The van der Waals surface area contributed by atoms with E-state index >= 15 is 0 Å². The third-order valence-electron chi connectivity index (χ3n) is 13.1. The summed E-state index contributed by atoms with van der Waals surface area (Å²) in [5, 5.41) is 40.9. The number of anilines is 4. The molecule has 0 saturated heterocycles. The van der Waals surface area contributed by atoms with Crippen LogP contribution in [0.15, 0.2) is 36.5 Å². The van der Waals surface area contributed by atoms with E-state index in [1.165, 1.54) is 23.8 Å². The Balaban J connectivity index is 0.960. The van der Waals surface area contributed by atoms with Gasteiger partial charge in [-0.3, -0.25) is 4.68 Å². The number of aliphatic hydroxyl groups excluding tert-OH is 1. The molecule has 4 fully saturated rings. The molecule has 0 amide bonds. The van der Waals surface area contributed by atoms with Gasteiger partial charge in [-0.25, -0.2) is 19.2 Å². The number of thiazole rings is 1. The van der Waals surface area contributed by atoms with Crippen molar-refractivity contribution < 1.29 is 24.1 Å². The second-order valence-corrected chi connectivity index (χ2v) is 19.2. The molecule has 10 rings (SSSR count). The topological polar surface area (TPSA) is 163 Å². The minimum absolute atomic E-state index is 0.0247. The van der Waals surface area contributed by atoms with Crippen LogP contribution in [0.3, 0.4) is 0 Å². The molecular formula is C43H52FN9O4S. The van der Waals surface area contributed by atoms with Crippen molar-refractivity contribution in [1.29, 1.82) is 0 Å². The maximum absolute atomic E-state index is 14.4. The number of hydrogen-bond acceptors (Lipinski definition) is 12. The number of carboxylic acids is 1. The molecule has 13 nitrogen and oxygen atoms in total. The van der Waals surface area contributed by atoms with Crippen LogP contribution in [0.25, 0.3) is 21.3 Å². The second kappa shape index (κ2) is 14.6. The van der Waals surface area contributed by atoms with Gasteiger partial charge in [-0.05, 0) is 119 Å². The fourth-order valence-electron chi connectivity index (χ4n) is 12.0. The highest BCUT2D eigenvalue weighted by Gasteiger charge is 2.66. The molecule has 4 N–H and O–H groups in total. The van der Waals surface area contributed by atoms with Crippen LogP contribution in [0.5, 0.6) is 0 Å². The lowest BCUT2D eigenvalue weighted by molar-refractivity contribution is -0.247. The van der Waals surface area contributed by atoms with E-state index in [0.29, 0.717) is 51.5 Å². The summed E-state index contributed by atoms with van der Waals surface area (Å²) in [7, 11) is 0. The number of carbonyl (C=O) groups is 1. The van der Waals surface area contributed by atoms with Crippen LogP contribution >= 0.6 is 11.3 Å². The van der Waals surface area contributed by atoms with Gasteiger partial charge in [-0.15, -0.1) is 10.2 Å². The minimum Gasteiger partial charge on any atom is -0.476 e. The number of pyridine rings is 1. The molecule has 4 aliphatic carbocycles. The third kappa shape index (κ3) is 7.03. The summed E-state index contributed by atoms with van der Waals surface area (Å²) in [4.78, 5) is 24.2. The summed E-state index contributed by atoms with van der Waals surface area (Å²) in [6.07, 6.45) is 10.7. The van der Waals surface area contributed by atoms with Gasteiger partial charge in [0.2, 0.25) is 0 Å². The van der Waals surface area contributed by atoms with Crippen molar-refractivity contribution in [2.24, 2.45) is 16.2 Å². The summed E-state index contributed by atoms with van der Waals surface area (Å²) in [6.45, 7) is 12.7. The number of hydrogen-bond donors (Lipinski definition) is 4. The van der Waals surface area contributed by atoms with Crippen molar-refractivity contribution in [1.82, 2.24) is 35.3 Å². The number of nitrogens with one attached hydrogen (secondary N) is 2. The van der Waals surface area contributed by atoms with Gasteiger partial charge in [0.15, 0.2) is 22.5 Å². The van der Waals surface area contributed by atoms with Crippen LogP contribution in [0.2, 0.25) is 0 Å². The molecule has 4 saturated carbocycles. The average Bonchev–Trinajstić information content (AvgIpc) is 3.75. The summed E-state index contributed by atoms with van der Waals surface area (Å²) in [6, 6.07) is 8.56. The Hall–Kier alpha value is -4.57. The van der Waals surface area contributed by atoms with E-state index in [2.05, 4.69) is 44.3 Å². The quantitative estimate of drug-likeness (QED) is 0.0809. The van der Waals surface area contributed by atoms with Gasteiger partial charge < -0.3 is 30.5 Å². The average molecular weight is 810 g/mol. The number of ether oxygens (including phenoxy) is 1. The van der Waals surface area contributed by atoms with E-state index in [0.717, 1.165) is 93.4 Å². The Morgan fingerprint density at radius 1 is 1.00 bits per heavy atom. The molecule has 58 heavy (non-hydrogen) atoms. The first kappa shape index (κ1) is 38.9. The normalized spacial score (nSPS) is 26.1. The maximum Gasteiger partial charge on any atom is 0.355 e. The smallest absolute Gasteiger partial charge is 0.355 e. The molecule has 2 atom stereocenters. The molecule has 0 radical (unpaired) electrons. The van der Waals surface area contributed by atoms with Gasteiger partial charge in [-0.2, -0.15) is 5.10 Å². The molecule has 4 aromatic heterocycles. The zero-order chi connectivity index (χ0) is 40.5. The van der Waals surface area contributed by atoms with Gasteiger partial charge in [0.1, 0.15) is 11.6 Å². The van der Waals surface area contributed by atoms with Gasteiger partial charge >= 0.3 is 5.97 Å². The molecule has 5 heterocycles. The van der Waals surface area contributed by atoms with Crippen LogP contribution in [0.1, 0.15) is 92.5 Å². The Morgan fingerprint density at radius 2 is 1.81 bits per heavy atom. The Labute approximate surface area is 341 Å². The monoisotopic (exact) mass is 809 g/mol. The molecule has 306 valence electrons. The summed E-state index contributed by atoms with van der Waals surface area (Å²) in [5.41, 5.74) is 4.90. The molecule has 1 aliphatic heterocycles. The lowest BCUT2D eigenvalue weighted by Crippen LogP contribution is -2.64. The number of nitrogens with zero attached hydrogens (tertiary/aromatic N) is 7.